The van der Waals surface area contributed by atoms with Gasteiger partial charge in [-0.25, -0.2) is 0 Å². The molecule has 0 aromatic heterocycles. The number of ketones is 1. The van der Waals surface area contributed by atoms with Crippen LogP contribution >= 0.6 is 0 Å². The molecule has 2 aliphatic heterocycles. The van der Waals surface area contributed by atoms with Crippen LogP contribution in [0, 0.1) is 0 Å². The molecule has 240 valence electrons. The Morgan fingerprint density at radius 1 is 0.732 bits per heavy atom. The summed E-state index contributed by atoms with van der Waals surface area (Å²) in [6.45, 7) is 2.52. The van der Waals surface area contributed by atoms with Gasteiger partial charge in [-0.15, -0.1) is 0 Å². The maximum atomic E-state index is 13.6. The van der Waals surface area contributed by atoms with Crippen molar-refractivity contribution in [2.45, 2.75) is 152 Å². The van der Waals surface area contributed by atoms with E-state index in [4.69, 9.17) is 18.9 Å². The summed E-state index contributed by atoms with van der Waals surface area (Å²) in [5.41, 5.74) is 0. The number of rotatable bonds is 19. The topological polar surface area (TPSA) is 213 Å². The van der Waals surface area contributed by atoms with Crippen LogP contribution in [0.1, 0.15) is 90.9 Å². The van der Waals surface area contributed by atoms with Crippen molar-refractivity contribution in [1.29, 1.82) is 0 Å². The number of aliphatic hydroxyl groups is 7. The van der Waals surface area contributed by atoms with Crippen LogP contribution in [0.2, 0.25) is 0 Å². The molecule has 0 aliphatic carbocycles. The van der Waals surface area contributed by atoms with Crippen molar-refractivity contribution in [1.82, 2.24) is 0 Å². The fraction of sp³-hybridized carbons (Fsp3) is 0.929. The molecule has 0 bridgehead atoms. The van der Waals surface area contributed by atoms with E-state index in [-0.39, 0.29) is 12.8 Å². The number of unbranched alkanes of at least 4 members (excludes halogenated alkanes) is 8. The van der Waals surface area contributed by atoms with E-state index in [0.717, 1.165) is 44.9 Å². The Morgan fingerprint density at radius 3 is 1.83 bits per heavy atom. The number of carbonyl (C=O) groups excluding carboxylic acids is 2. The molecular weight excluding hydrogens is 544 g/mol. The molecule has 2 fully saturated rings. The zero-order valence-electron chi connectivity index (χ0n) is 24.2. The lowest BCUT2D eigenvalue weighted by Gasteiger charge is -2.45. The van der Waals surface area contributed by atoms with Crippen LogP contribution in [0.25, 0.3) is 0 Å². The van der Waals surface area contributed by atoms with Crippen LogP contribution in [-0.2, 0) is 28.5 Å². The Kier molecular flexibility index (Phi) is 15.6. The van der Waals surface area contributed by atoms with Crippen LogP contribution in [0.4, 0.5) is 0 Å². The highest BCUT2D eigenvalue weighted by Gasteiger charge is 2.65. The smallest absolute Gasteiger partial charge is 0.306 e. The minimum atomic E-state index is -2.65. The Morgan fingerprint density at radius 2 is 1.29 bits per heavy atom. The number of aliphatic hydroxyl groups excluding tert-OH is 7. The monoisotopic (exact) mass is 594 g/mol. The lowest BCUT2D eigenvalue weighted by atomic mass is 9.93. The molecule has 0 amide bonds. The lowest BCUT2D eigenvalue weighted by molar-refractivity contribution is -0.391. The van der Waals surface area contributed by atoms with Crippen molar-refractivity contribution in [2.24, 2.45) is 0 Å². The fourth-order valence-electron chi connectivity index (χ4n) is 5.15. The molecule has 2 saturated heterocycles. The molecule has 10 atom stereocenters. The van der Waals surface area contributed by atoms with Crippen molar-refractivity contribution in [3.63, 3.8) is 0 Å². The summed E-state index contributed by atoms with van der Waals surface area (Å²) >= 11 is 0. The third kappa shape index (κ3) is 9.36. The maximum absolute atomic E-state index is 13.6. The van der Waals surface area contributed by atoms with E-state index in [0.29, 0.717) is 19.3 Å². The van der Waals surface area contributed by atoms with E-state index in [1.807, 2.05) is 6.92 Å². The molecule has 41 heavy (non-hydrogen) atoms. The first-order valence-corrected chi connectivity index (χ1v) is 14.9. The Hall–Kier alpha value is -1.26. The molecule has 2 rings (SSSR count). The van der Waals surface area contributed by atoms with Crippen molar-refractivity contribution in [2.75, 3.05) is 13.2 Å². The average molecular weight is 595 g/mol. The summed E-state index contributed by atoms with van der Waals surface area (Å²) in [4.78, 5) is 26.5. The predicted octanol–water partition coefficient (Wildman–Crippen LogP) is -0.186. The first-order valence-electron chi connectivity index (χ1n) is 14.9. The molecule has 7 N–H and O–H groups in total. The van der Waals surface area contributed by atoms with E-state index in [9.17, 15) is 45.3 Å². The molecule has 2 aliphatic rings. The second-order valence-corrected chi connectivity index (χ2v) is 11.0. The predicted molar refractivity (Wildman–Crippen MR) is 143 cm³/mol. The van der Waals surface area contributed by atoms with Crippen LogP contribution in [-0.4, -0.2) is 122 Å². The largest absolute Gasteiger partial charge is 0.448 e. The van der Waals surface area contributed by atoms with Gasteiger partial charge in [0.2, 0.25) is 11.9 Å². The second-order valence-electron chi connectivity index (χ2n) is 11.0. The van der Waals surface area contributed by atoms with E-state index in [1.54, 1.807) is 0 Å². The molecule has 13 nitrogen and oxygen atoms in total. The Bertz CT molecular complexity index is 780. The van der Waals surface area contributed by atoms with Crippen LogP contribution in [0.15, 0.2) is 0 Å². The van der Waals surface area contributed by atoms with Gasteiger partial charge in [0, 0.05) is 12.8 Å². The first-order chi connectivity index (χ1) is 19.6. The zero-order chi connectivity index (χ0) is 30.6. The molecule has 0 aromatic carbocycles. The van der Waals surface area contributed by atoms with Crippen LogP contribution in [0.5, 0.6) is 0 Å². The minimum absolute atomic E-state index is 0.0395. The molecule has 0 spiro atoms. The van der Waals surface area contributed by atoms with E-state index in [1.165, 1.54) is 0 Å². The third-order valence-electron chi connectivity index (χ3n) is 7.70. The molecule has 0 aromatic rings. The Labute approximate surface area is 241 Å². The standard InChI is InChI=1S/C28H50O13/c1-3-5-7-9-11-13-17(31)26(39-20(32)14-12-10-8-6-4-2)28(25(37)22(34)19(16-30)40-28)41-27-24(36)23(35)21(33)18(15-29)38-27/h18-19,21-27,29-30,33-37H,3-16H2,1-2H3/t18-,19-,21-,22-,23+,24-,25+,26?,27-,28-/m1/s1. The lowest BCUT2D eigenvalue weighted by Crippen LogP contribution is -2.65. The van der Waals surface area contributed by atoms with E-state index < -0.39 is 85.9 Å². The summed E-state index contributed by atoms with van der Waals surface area (Å²) < 4.78 is 22.5. The molecule has 0 radical (unpaired) electrons. The summed E-state index contributed by atoms with van der Waals surface area (Å²) in [5, 5.41) is 72.2. The third-order valence-corrected chi connectivity index (χ3v) is 7.70. The quantitative estimate of drug-likeness (QED) is 0.0764. The summed E-state index contributed by atoms with van der Waals surface area (Å²) in [6, 6.07) is 0. The van der Waals surface area contributed by atoms with Crippen LogP contribution in [0.3, 0.4) is 0 Å². The van der Waals surface area contributed by atoms with E-state index >= 15 is 0 Å². The normalized spacial score (nSPS) is 34.5. The van der Waals surface area contributed by atoms with Gasteiger partial charge in [0.1, 0.15) is 42.7 Å². The van der Waals surface area contributed by atoms with Gasteiger partial charge < -0.3 is 54.7 Å². The maximum Gasteiger partial charge on any atom is 0.306 e. The van der Waals surface area contributed by atoms with Gasteiger partial charge in [-0.3, -0.25) is 9.59 Å². The highest BCUT2D eigenvalue weighted by Crippen LogP contribution is 2.41. The van der Waals surface area contributed by atoms with Gasteiger partial charge >= 0.3 is 5.97 Å². The van der Waals surface area contributed by atoms with Gasteiger partial charge in [0.05, 0.1) is 13.2 Å². The van der Waals surface area contributed by atoms with Gasteiger partial charge in [-0.2, -0.15) is 0 Å². The minimum Gasteiger partial charge on any atom is -0.448 e. The van der Waals surface area contributed by atoms with Gasteiger partial charge in [-0.1, -0.05) is 65.2 Å². The number of hydrogen-bond acceptors (Lipinski definition) is 13. The van der Waals surface area contributed by atoms with Gasteiger partial charge in [-0.05, 0) is 12.8 Å². The summed E-state index contributed by atoms with van der Waals surface area (Å²) in [6.07, 6.45) is -8.07. The van der Waals surface area contributed by atoms with E-state index in [2.05, 4.69) is 6.92 Å². The number of carbonyl (C=O) groups is 2. The summed E-state index contributed by atoms with van der Waals surface area (Å²) in [5.74, 6) is -4.12. The molecular formula is C28H50O13. The number of esters is 1. The highest BCUT2D eigenvalue weighted by molar-refractivity contribution is 5.87. The number of Topliss-reactive ketones (excluding diaryl/α,β-unsaturated/α-hetero) is 1. The van der Waals surface area contributed by atoms with Crippen molar-refractivity contribution in [3.05, 3.63) is 0 Å². The van der Waals surface area contributed by atoms with Crippen molar-refractivity contribution < 1.29 is 64.3 Å². The number of ether oxygens (including phenoxy) is 4. The summed E-state index contributed by atoms with van der Waals surface area (Å²) in [7, 11) is 0. The Balaban J connectivity index is 2.39. The zero-order valence-corrected chi connectivity index (χ0v) is 24.2. The highest BCUT2D eigenvalue weighted by atomic mass is 16.8. The molecule has 2 heterocycles. The average Bonchev–Trinajstić information content (AvgIpc) is 3.20. The van der Waals surface area contributed by atoms with Crippen molar-refractivity contribution in [3.8, 4) is 0 Å². The second kappa shape index (κ2) is 17.8. The van der Waals surface area contributed by atoms with Gasteiger partial charge in [0.15, 0.2) is 12.1 Å². The van der Waals surface area contributed by atoms with Crippen LogP contribution < -0.4 is 0 Å². The number of hydrogen-bond donors (Lipinski definition) is 7. The molecule has 0 saturated carbocycles. The molecule has 13 heteroatoms. The van der Waals surface area contributed by atoms with Crippen molar-refractivity contribution >= 4 is 11.8 Å². The first kappa shape index (κ1) is 35.9. The molecule has 1 unspecified atom stereocenters. The SMILES string of the molecule is CCCCCCCC(=O)OC(C(=O)CCCCCCC)[C@@]1(O[C@H]2O[C@H](CO)[C@@H](O)[C@H](O)[C@H]2O)O[C@H](CO)[C@@H](O)[C@@H]1O. The van der Waals surface area contributed by atoms with Gasteiger partial charge in [0.25, 0.3) is 0 Å². The fourth-order valence-corrected chi connectivity index (χ4v) is 5.15.